The molecule has 1 atom stereocenters. The van der Waals surface area contributed by atoms with E-state index in [1.807, 2.05) is 0 Å². The monoisotopic (exact) mass is 380 g/mol. The largest absolute Gasteiger partial charge is 0.481 e. The van der Waals surface area contributed by atoms with E-state index in [9.17, 15) is 9.59 Å². The van der Waals surface area contributed by atoms with Crippen molar-refractivity contribution in [2.45, 2.75) is 81.4 Å². The molecule has 26 heavy (non-hydrogen) atoms. The number of hydrogen-bond acceptors (Lipinski definition) is 3. The quantitative estimate of drug-likeness (QED) is 0.318. The van der Waals surface area contributed by atoms with Crippen molar-refractivity contribution in [2.24, 2.45) is 0 Å². The zero-order valence-corrected chi connectivity index (χ0v) is 16.8. The van der Waals surface area contributed by atoms with Crippen molar-refractivity contribution >= 4 is 23.7 Å². The van der Waals surface area contributed by atoms with Crippen molar-refractivity contribution in [2.75, 3.05) is 6.26 Å². The summed E-state index contributed by atoms with van der Waals surface area (Å²) in [5.74, 6) is -1.50. The van der Waals surface area contributed by atoms with Crippen molar-refractivity contribution in [1.82, 2.24) is 0 Å². The van der Waals surface area contributed by atoms with E-state index in [0.717, 1.165) is 38.5 Å². The van der Waals surface area contributed by atoms with Crippen LogP contribution in [0.5, 0.6) is 0 Å². The zero-order valence-electron chi connectivity index (χ0n) is 16.0. The number of hydrogen-bond donors (Lipinski definition) is 2. The van der Waals surface area contributed by atoms with Crippen molar-refractivity contribution in [3.63, 3.8) is 0 Å². The Kier molecular flexibility index (Phi) is 10.4. The summed E-state index contributed by atoms with van der Waals surface area (Å²) in [5.41, 5.74) is 1.22. The fourth-order valence-corrected chi connectivity index (χ4v) is 4.05. The number of carboxylic acid groups (broad SMARTS) is 2. The molecule has 0 saturated heterocycles. The number of carbonyl (C=O) groups is 2. The van der Waals surface area contributed by atoms with E-state index in [1.165, 1.54) is 10.5 Å². The van der Waals surface area contributed by atoms with E-state index in [-0.39, 0.29) is 18.3 Å². The van der Waals surface area contributed by atoms with Crippen LogP contribution >= 0.6 is 11.8 Å². The lowest BCUT2D eigenvalue weighted by molar-refractivity contribution is -0.138. The summed E-state index contributed by atoms with van der Waals surface area (Å²) >= 11 is 1.71. The van der Waals surface area contributed by atoms with Crippen LogP contribution in [0.15, 0.2) is 29.2 Å². The molecule has 2 N–H and O–H groups in total. The lowest BCUT2D eigenvalue weighted by Crippen LogP contribution is -2.27. The lowest BCUT2D eigenvalue weighted by atomic mass is 9.69. The highest BCUT2D eigenvalue weighted by atomic mass is 32.2. The average Bonchev–Trinajstić information content (AvgIpc) is 2.62. The SMILES string of the molecule is CCCCC(CCCCC(=O)O)(CCCC(=O)O)c1cccc(SC)c1. The maximum absolute atomic E-state index is 11.0. The Hall–Kier alpha value is -1.49. The summed E-state index contributed by atoms with van der Waals surface area (Å²) in [5, 5.41) is 17.9. The molecule has 0 spiro atoms. The Bertz CT molecular complexity index is 573. The molecule has 0 aliphatic heterocycles. The Morgan fingerprint density at radius 2 is 1.58 bits per heavy atom. The third-order valence-electron chi connectivity index (χ3n) is 5.03. The van der Waals surface area contributed by atoms with E-state index >= 15 is 0 Å². The average molecular weight is 381 g/mol. The molecule has 0 aliphatic rings. The van der Waals surface area contributed by atoms with Gasteiger partial charge in [0, 0.05) is 17.7 Å². The van der Waals surface area contributed by atoms with Gasteiger partial charge in [0.05, 0.1) is 0 Å². The van der Waals surface area contributed by atoms with Gasteiger partial charge in [0.15, 0.2) is 0 Å². The number of rotatable bonds is 14. The van der Waals surface area contributed by atoms with Crippen molar-refractivity contribution in [3.05, 3.63) is 29.8 Å². The number of carboxylic acids is 2. The standard InChI is InChI=1S/C21H32O4S/c1-3-4-13-21(15-8-12-20(24)25,14-6-5-11-19(22)23)17-9-7-10-18(16-17)26-2/h7,9-10,16H,3-6,8,11-15H2,1-2H3,(H,22,23)(H,24,25). The second-order valence-corrected chi connectivity index (χ2v) is 7.84. The fraction of sp³-hybridized carbons (Fsp3) is 0.619. The third-order valence-corrected chi connectivity index (χ3v) is 5.76. The molecule has 1 unspecified atom stereocenters. The Morgan fingerprint density at radius 1 is 0.962 bits per heavy atom. The van der Waals surface area contributed by atoms with Gasteiger partial charge in [-0.15, -0.1) is 11.8 Å². The molecule has 5 heteroatoms. The molecule has 0 aromatic heterocycles. The molecule has 146 valence electrons. The number of benzene rings is 1. The molecule has 0 fully saturated rings. The van der Waals surface area contributed by atoms with Crippen LogP contribution in [0, 0.1) is 0 Å². The van der Waals surface area contributed by atoms with E-state index in [0.29, 0.717) is 12.8 Å². The van der Waals surface area contributed by atoms with Gasteiger partial charge in [-0.1, -0.05) is 38.3 Å². The molecule has 0 saturated carbocycles. The van der Waals surface area contributed by atoms with Crippen molar-refractivity contribution < 1.29 is 19.8 Å². The van der Waals surface area contributed by atoms with E-state index in [4.69, 9.17) is 10.2 Å². The Morgan fingerprint density at radius 3 is 2.19 bits per heavy atom. The maximum atomic E-state index is 11.0. The molecule has 4 nitrogen and oxygen atoms in total. The molecule has 0 radical (unpaired) electrons. The van der Waals surface area contributed by atoms with Gasteiger partial charge < -0.3 is 10.2 Å². The molecule has 0 heterocycles. The van der Waals surface area contributed by atoms with Gasteiger partial charge in [0.2, 0.25) is 0 Å². The smallest absolute Gasteiger partial charge is 0.303 e. The van der Waals surface area contributed by atoms with Crippen LogP contribution in [-0.4, -0.2) is 28.4 Å². The highest BCUT2D eigenvalue weighted by Crippen LogP contribution is 2.41. The second kappa shape index (κ2) is 12.0. The van der Waals surface area contributed by atoms with Gasteiger partial charge in [-0.05, 0) is 61.5 Å². The fourth-order valence-electron chi connectivity index (χ4n) is 3.59. The molecule has 0 aliphatic carbocycles. The van der Waals surface area contributed by atoms with Gasteiger partial charge in [0.1, 0.15) is 0 Å². The minimum Gasteiger partial charge on any atom is -0.481 e. The van der Waals surface area contributed by atoms with Crippen LogP contribution in [0.1, 0.15) is 76.7 Å². The first-order valence-corrected chi connectivity index (χ1v) is 10.7. The van der Waals surface area contributed by atoms with E-state index in [1.54, 1.807) is 11.8 Å². The van der Waals surface area contributed by atoms with Crippen LogP contribution in [-0.2, 0) is 15.0 Å². The molecule has 0 amide bonds. The van der Waals surface area contributed by atoms with Gasteiger partial charge in [-0.3, -0.25) is 9.59 Å². The third kappa shape index (κ3) is 7.81. The maximum Gasteiger partial charge on any atom is 0.303 e. The Balaban J connectivity index is 3.04. The van der Waals surface area contributed by atoms with Gasteiger partial charge in [-0.2, -0.15) is 0 Å². The van der Waals surface area contributed by atoms with Crippen LogP contribution in [0.2, 0.25) is 0 Å². The van der Waals surface area contributed by atoms with Crippen molar-refractivity contribution in [1.29, 1.82) is 0 Å². The minimum absolute atomic E-state index is 0.0598. The van der Waals surface area contributed by atoms with Crippen LogP contribution in [0.4, 0.5) is 0 Å². The number of aliphatic carboxylic acids is 2. The van der Waals surface area contributed by atoms with Gasteiger partial charge in [0.25, 0.3) is 0 Å². The lowest BCUT2D eigenvalue weighted by Gasteiger charge is -2.35. The molecule has 1 aromatic carbocycles. The Labute approximate surface area is 161 Å². The summed E-state index contributed by atoms with van der Waals surface area (Å²) < 4.78 is 0. The zero-order chi connectivity index (χ0) is 19.4. The molecule has 1 rings (SSSR count). The van der Waals surface area contributed by atoms with Gasteiger partial charge >= 0.3 is 11.9 Å². The summed E-state index contributed by atoms with van der Waals surface area (Å²) in [7, 11) is 0. The summed E-state index contributed by atoms with van der Waals surface area (Å²) in [6.45, 7) is 2.17. The van der Waals surface area contributed by atoms with Gasteiger partial charge in [-0.25, -0.2) is 0 Å². The topological polar surface area (TPSA) is 74.6 Å². The first-order chi connectivity index (χ1) is 12.4. The minimum atomic E-state index is -0.752. The summed E-state index contributed by atoms with van der Waals surface area (Å²) in [6.07, 6.45) is 9.58. The summed E-state index contributed by atoms with van der Waals surface area (Å²) in [4.78, 5) is 23.0. The molecule has 0 bridgehead atoms. The number of unbranched alkanes of at least 4 members (excludes halogenated alkanes) is 2. The van der Waals surface area contributed by atoms with Crippen molar-refractivity contribution in [3.8, 4) is 0 Å². The predicted molar refractivity (Wildman–Crippen MR) is 107 cm³/mol. The predicted octanol–water partition coefficient (Wildman–Crippen LogP) is 5.74. The first-order valence-electron chi connectivity index (χ1n) is 9.51. The second-order valence-electron chi connectivity index (χ2n) is 6.96. The summed E-state index contributed by atoms with van der Waals surface area (Å²) in [6, 6.07) is 8.57. The highest BCUT2D eigenvalue weighted by molar-refractivity contribution is 7.98. The van der Waals surface area contributed by atoms with Crippen LogP contribution in [0.25, 0.3) is 0 Å². The molecular weight excluding hydrogens is 348 g/mol. The number of thioether (sulfide) groups is 1. The van der Waals surface area contributed by atoms with Crippen LogP contribution < -0.4 is 0 Å². The van der Waals surface area contributed by atoms with Crippen LogP contribution in [0.3, 0.4) is 0 Å². The van der Waals surface area contributed by atoms with E-state index in [2.05, 4.69) is 37.4 Å². The van der Waals surface area contributed by atoms with E-state index < -0.39 is 11.9 Å². The molecule has 1 aromatic rings. The highest BCUT2D eigenvalue weighted by Gasteiger charge is 2.31. The normalized spacial score (nSPS) is 13.3. The first kappa shape index (κ1) is 22.6. The molecular formula is C21H32O4S.